The van der Waals surface area contributed by atoms with Crippen molar-refractivity contribution in [1.82, 2.24) is 18.9 Å². The van der Waals surface area contributed by atoms with Gasteiger partial charge in [0.05, 0.1) is 22.1 Å². The molecule has 0 bridgehead atoms. The van der Waals surface area contributed by atoms with Gasteiger partial charge in [0.1, 0.15) is 34.3 Å². The van der Waals surface area contributed by atoms with E-state index in [1.807, 2.05) is 118 Å². The molecule has 0 saturated carbocycles. The van der Waals surface area contributed by atoms with Crippen LogP contribution in [0.2, 0.25) is 10.0 Å². The van der Waals surface area contributed by atoms with Crippen LogP contribution in [0.5, 0.6) is 0 Å². The molecule has 10 aromatic rings. The molecule has 16 heteroatoms. The standard InChI is InChI=1S/C52H36B2Cl2N6O6/c1-63-53(64-2)61-47(37-21-13-11-19-35(37)31-15-7-5-8-16-31)45-46(49(61)39(29-57)51-59-41-25-23-33(55)27-43(41)67-51)48(38-22-14-12-20-36(38)32-17-9-6-10-18-32)62(54(65-3)66-4)50(45)40(30-58)52-60-42-26-24-34(56)28-44(42)68-52/h5-28H,1-4H3/b49-39-,50-40-. The van der Waals surface area contributed by atoms with Crippen LogP contribution in [0.4, 0.5) is 0 Å². The van der Waals surface area contributed by atoms with Crippen molar-refractivity contribution in [3.05, 3.63) is 178 Å². The van der Waals surface area contributed by atoms with Crippen LogP contribution in [0, 0.1) is 22.7 Å². The second-order valence-electron chi connectivity index (χ2n) is 15.5. The van der Waals surface area contributed by atoms with E-state index in [0.717, 1.165) is 22.3 Å². The molecule has 68 heavy (non-hydrogen) atoms. The average molecular weight is 933 g/mol. The molecule has 0 fully saturated rings. The van der Waals surface area contributed by atoms with Gasteiger partial charge in [-0.15, -0.1) is 0 Å². The Morgan fingerprint density at radius 2 is 0.853 bits per heavy atom. The monoisotopic (exact) mass is 932 g/mol. The fourth-order valence-corrected chi connectivity index (χ4v) is 9.32. The highest BCUT2D eigenvalue weighted by Crippen LogP contribution is 2.42. The lowest BCUT2D eigenvalue weighted by Gasteiger charge is -2.21. The number of nitrogens with zero attached hydrogens (tertiary/aromatic N) is 6. The molecule has 4 heterocycles. The van der Waals surface area contributed by atoms with Gasteiger partial charge >= 0.3 is 14.5 Å². The minimum Gasteiger partial charge on any atom is -0.435 e. The van der Waals surface area contributed by atoms with Crippen molar-refractivity contribution in [1.29, 1.82) is 10.5 Å². The molecule has 0 radical (unpaired) electrons. The summed E-state index contributed by atoms with van der Waals surface area (Å²) in [5, 5.41) is 25.7. The van der Waals surface area contributed by atoms with Crippen LogP contribution < -0.4 is 10.7 Å². The maximum absolute atomic E-state index is 11.7. The third kappa shape index (κ3) is 7.46. The first-order chi connectivity index (χ1) is 33.3. The molecule has 330 valence electrons. The summed E-state index contributed by atoms with van der Waals surface area (Å²) in [5.41, 5.74) is 7.44. The predicted octanol–water partition coefficient (Wildman–Crippen LogP) is 10.4. The number of hydrogen-bond donors (Lipinski definition) is 0. The van der Waals surface area contributed by atoms with Gasteiger partial charge in [-0.2, -0.15) is 10.5 Å². The first-order valence-corrected chi connectivity index (χ1v) is 22.0. The van der Waals surface area contributed by atoms with E-state index in [4.69, 9.17) is 60.6 Å². The Bertz CT molecular complexity index is 3530. The van der Waals surface area contributed by atoms with Crippen molar-refractivity contribution in [3.63, 3.8) is 0 Å². The van der Waals surface area contributed by atoms with Crippen LogP contribution in [0.1, 0.15) is 11.8 Å². The molecule has 0 spiro atoms. The summed E-state index contributed by atoms with van der Waals surface area (Å²) in [6, 6.07) is 50.6. The van der Waals surface area contributed by atoms with Crippen molar-refractivity contribution >= 4 is 81.8 Å². The van der Waals surface area contributed by atoms with E-state index in [-0.39, 0.29) is 33.6 Å². The lowest BCUT2D eigenvalue weighted by atomic mass is 9.94. The highest BCUT2D eigenvalue weighted by atomic mass is 35.5. The summed E-state index contributed by atoms with van der Waals surface area (Å²) in [7, 11) is 3.65. The van der Waals surface area contributed by atoms with Crippen LogP contribution in [0.3, 0.4) is 0 Å². The van der Waals surface area contributed by atoms with E-state index in [1.165, 1.54) is 28.4 Å². The van der Waals surface area contributed by atoms with Crippen LogP contribution in [0.25, 0.3) is 88.9 Å². The van der Waals surface area contributed by atoms with E-state index in [2.05, 4.69) is 12.1 Å². The molecule has 12 nitrogen and oxygen atoms in total. The first kappa shape index (κ1) is 44.2. The van der Waals surface area contributed by atoms with Gasteiger partial charge in [0.2, 0.25) is 11.8 Å². The quantitative estimate of drug-likeness (QED) is 0.108. The summed E-state index contributed by atoms with van der Waals surface area (Å²) in [6.07, 6.45) is 0. The van der Waals surface area contributed by atoms with Gasteiger partial charge in [-0.3, -0.25) is 0 Å². The van der Waals surface area contributed by atoms with Crippen molar-refractivity contribution in [2.45, 2.75) is 0 Å². The van der Waals surface area contributed by atoms with Crippen LogP contribution in [-0.4, -0.2) is 61.9 Å². The van der Waals surface area contributed by atoms with Gasteiger partial charge in [0.15, 0.2) is 11.2 Å². The molecule has 4 aromatic heterocycles. The Morgan fingerprint density at radius 1 is 0.500 bits per heavy atom. The van der Waals surface area contributed by atoms with Crippen molar-refractivity contribution in [3.8, 4) is 56.9 Å². The molecule has 6 aromatic carbocycles. The topological polar surface area (TPSA) is 146 Å². The molecule has 0 saturated heterocycles. The highest BCUT2D eigenvalue weighted by Gasteiger charge is 2.39. The normalized spacial score (nSPS) is 12.4. The molecule has 0 atom stereocenters. The minimum absolute atomic E-state index is 0.00778. The molecular weight excluding hydrogens is 897 g/mol. The second kappa shape index (κ2) is 18.6. The zero-order valence-corrected chi connectivity index (χ0v) is 38.4. The van der Waals surface area contributed by atoms with E-state index in [1.54, 1.807) is 36.4 Å². The molecule has 0 N–H and O–H groups in total. The number of oxazole rings is 2. The van der Waals surface area contributed by atoms with E-state index in [9.17, 15) is 10.5 Å². The van der Waals surface area contributed by atoms with E-state index in [0.29, 0.717) is 65.5 Å². The Kier molecular flexibility index (Phi) is 12.1. The van der Waals surface area contributed by atoms with Crippen LogP contribution >= 0.6 is 23.2 Å². The number of aromatic nitrogens is 4. The van der Waals surface area contributed by atoms with Crippen molar-refractivity contribution < 1.29 is 27.5 Å². The van der Waals surface area contributed by atoms with Crippen LogP contribution in [-0.2, 0) is 18.6 Å². The van der Waals surface area contributed by atoms with Gasteiger partial charge in [0, 0.05) is 72.5 Å². The lowest BCUT2D eigenvalue weighted by Crippen LogP contribution is -2.41. The molecule has 10 rings (SSSR count). The van der Waals surface area contributed by atoms with Gasteiger partial charge in [-0.1, -0.05) is 132 Å². The number of rotatable bonds is 12. The average Bonchev–Trinajstić information content (AvgIpc) is 4.15. The highest BCUT2D eigenvalue weighted by molar-refractivity contribution is 6.46. The second-order valence-corrected chi connectivity index (χ2v) is 16.4. The number of nitriles is 2. The van der Waals surface area contributed by atoms with Gasteiger partial charge in [0.25, 0.3) is 0 Å². The smallest absolute Gasteiger partial charge is 0.435 e. The third-order valence-electron chi connectivity index (χ3n) is 11.7. The Morgan fingerprint density at radius 3 is 1.21 bits per heavy atom. The maximum atomic E-state index is 11.7. The Labute approximate surface area is 400 Å². The Hall–Kier alpha value is -7.65. The van der Waals surface area contributed by atoms with Crippen molar-refractivity contribution in [2.24, 2.45) is 0 Å². The summed E-state index contributed by atoms with van der Waals surface area (Å²) >= 11 is 12.9. The van der Waals surface area contributed by atoms with Gasteiger partial charge in [-0.25, -0.2) is 9.97 Å². The number of benzene rings is 6. The Balaban J connectivity index is 1.58. The summed E-state index contributed by atoms with van der Waals surface area (Å²) in [6.45, 7) is 0. The molecule has 0 aliphatic heterocycles. The van der Waals surface area contributed by atoms with Crippen LogP contribution in [0.15, 0.2) is 154 Å². The van der Waals surface area contributed by atoms with Gasteiger partial charge in [-0.05, 0) is 46.5 Å². The molecule has 0 unspecified atom stereocenters. The fourth-order valence-electron chi connectivity index (χ4n) is 8.99. The number of hydrogen-bond acceptors (Lipinski definition) is 10. The molecule has 0 aliphatic rings. The molecular formula is C52H36B2Cl2N6O6. The zero-order valence-electron chi connectivity index (χ0n) is 36.9. The number of halogens is 2. The summed E-state index contributed by atoms with van der Waals surface area (Å²) in [4.78, 5) is 9.75. The molecule has 0 amide bonds. The molecule has 0 aliphatic carbocycles. The maximum Gasteiger partial charge on any atom is 0.597 e. The minimum atomic E-state index is -1.20. The SMILES string of the molecule is COB(OC)n1c(-c2ccccc2-c2ccccc2)c2/c(=C(\C#N)c3nc4ccc(Cl)cc4o3)n(B(OC)OC)c(-c3ccccc3-c3ccccc3)c2/c1=C(\C#N)c1nc2ccc(Cl)cc2o1. The zero-order chi connectivity index (χ0) is 47.1. The lowest BCUT2D eigenvalue weighted by molar-refractivity contribution is 0.267. The van der Waals surface area contributed by atoms with E-state index >= 15 is 0 Å². The largest absolute Gasteiger partial charge is 0.597 e. The van der Waals surface area contributed by atoms with E-state index < -0.39 is 14.5 Å². The summed E-state index contributed by atoms with van der Waals surface area (Å²) < 4.78 is 41.5. The van der Waals surface area contributed by atoms with Crippen molar-refractivity contribution in [2.75, 3.05) is 28.4 Å². The van der Waals surface area contributed by atoms with Gasteiger partial charge < -0.3 is 36.4 Å². The first-order valence-electron chi connectivity index (χ1n) is 21.2. The summed E-state index contributed by atoms with van der Waals surface area (Å²) in [5.74, 6) is -0.0163. The fraction of sp³-hybridized carbons (Fsp3) is 0.0769. The number of fused-ring (bicyclic) bond motifs is 3. The predicted molar refractivity (Wildman–Crippen MR) is 266 cm³/mol. The third-order valence-corrected chi connectivity index (χ3v) is 12.2.